The molecule has 1 aromatic carbocycles. The SMILES string of the molecule is CCOc1ncc(C2(O)CCN(Cc3ccccc3C)CC2)c(OCC)n1. The van der Waals surface area contributed by atoms with Crippen molar-refractivity contribution in [2.24, 2.45) is 0 Å². The van der Waals surface area contributed by atoms with E-state index in [2.05, 4.69) is 46.1 Å². The van der Waals surface area contributed by atoms with Gasteiger partial charge in [-0.15, -0.1) is 0 Å². The molecule has 6 heteroatoms. The maximum atomic E-state index is 11.3. The lowest BCUT2D eigenvalue weighted by molar-refractivity contribution is -0.0303. The van der Waals surface area contributed by atoms with E-state index in [1.165, 1.54) is 11.1 Å². The second-order valence-electron chi connectivity index (χ2n) is 6.97. The zero-order chi connectivity index (χ0) is 19.3. The maximum absolute atomic E-state index is 11.3. The molecule has 1 saturated heterocycles. The molecule has 1 N–H and O–H groups in total. The molecule has 1 fully saturated rings. The zero-order valence-corrected chi connectivity index (χ0v) is 16.4. The average Bonchev–Trinajstić information content (AvgIpc) is 2.66. The van der Waals surface area contributed by atoms with Crippen molar-refractivity contribution < 1.29 is 14.6 Å². The fraction of sp³-hybridized carbons (Fsp3) is 0.524. The van der Waals surface area contributed by atoms with E-state index in [1.54, 1.807) is 6.20 Å². The second-order valence-corrected chi connectivity index (χ2v) is 6.97. The van der Waals surface area contributed by atoms with E-state index in [0.717, 1.165) is 19.6 Å². The number of nitrogens with zero attached hydrogens (tertiary/aromatic N) is 3. The van der Waals surface area contributed by atoms with E-state index in [0.29, 0.717) is 37.5 Å². The Labute approximate surface area is 161 Å². The average molecular weight is 371 g/mol. The van der Waals surface area contributed by atoms with Gasteiger partial charge in [0.15, 0.2) is 0 Å². The third kappa shape index (κ3) is 4.57. The van der Waals surface area contributed by atoms with Crippen LogP contribution in [0.15, 0.2) is 30.5 Å². The minimum Gasteiger partial charge on any atom is -0.478 e. The summed E-state index contributed by atoms with van der Waals surface area (Å²) in [6.45, 7) is 9.42. The fourth-order valence-corrected chi connectivity index (χ4v) is 3.49. The predicted molar refractivity (Wildman–Crippen MR) is 104 cm³/mol. The molecule has 0 unspecified atom stereocenters. The standard InChI is InChI=1S/C21H29N3O3/c1-4-26-19-18(14-22-20(23-19)27-5-2)21(25)10-12-24(13-11-21)15-17-9-7-6-8-16(17)3/h6-9,14,25H,4-5,10-13,15H2,1-3H3. The lowest BCUT2D eigenvalue weighted by atomic mass is 9.85. The highest BCUT2D eigenvalue weighted by molar-refractivity contribution is 5.32. The summed E-state index contributed by atoms with van der Waals surface area (Å²) in [4.78, 5) is 11.0. The van der Waals surface area contributed by atoms with Crippen molar-refractivity contribution in [3.8, 4) is 11.9 Å². The van der Waals surface area contributed by atoms with Gasteiger partial charge in [0, 0.05) is 25.8 Å². The van der Waals surface area contributed by atoms with Crippen LogP contribution in [0, 0.1) is 6.92 Å². The number of piperidine rings is 1. The van der Waals surface area contributed by atoms with Gasteiger partial charge in [-0.25, -0.2) is 4.98 Å². The molecule has 27 heavy (non-hydrogen) atoms. The van der Waals surface area contributed by atoms with Gasteiger partial charge in [0.05, 0.1) is 24.4 Å². The number of aryl methyl sites for hydroxylation is 1. The van der Waals surface area contributed by atoms with E-state index in [1.807, 2.05) is 13.8 Å². The van der Waals surface area contributed by atoms with Crippen LogP contribution in [0.5, 0.6) is 11.9 Å². The van der Waals surface area contributed by atoms with Crippen molar-refractivity contribution in [2.45, 2.75) is 45.8 Å². The molecule has 2 aromatic rings. The quantitative estimate of drug-likeness (QED) is 0.807. The summed E-state index contributed by atoms with van der Waals surface area (Å²) in [6, 6.07) is 8.74. The number of ether oxygens (including phenoxy) is 2. The van der Waals surface area contributed by atoms with Crippen molar-refractivity contribution in [2.75, 3.05) is 26.3 Å². The molecular weight excluding hydrogens is 342 g/mol. The van der Waals surface area contributed by atoms with Crippen LogP contribution in [-0.4, -0.2) is 46.3 Å². The Kier molecular flexibility index (Phi) is 6.29. The van der Waals surface area contributed by atoms with Crippen LogP contribution in [0.2, 0.25) is 0 Å². The number of benzene rings is 1. The summed E-state index contributed by atoms with van der Waals surface area (Å²) in [6.07, 6.45) is 2.90. The molecule has 0 spiro atoms. The minimum atomic E-state index is -0.975. The van der Waals surface area contributed by atoms with E-state index in [9.17, 15) is 5.11 Å². The highest BCUT2D eigenvalue weighted by atomic mass is 16.5. The van der Waals surface area contributed by atoms with E-state index in [-0.39, 0.29) is 6.01 Å². The van der Waals surface area contributed by atoms with Crippen LogP contribution in [0.25, 0.3) is 0 Å². The Morgan fingerprint density at radius 2 is 1.81 bits per heavy atom. The van der Waals surface area contributed by atoms with Crippen LogP contribution < -0.4 is 9.47 Å². The van der Waals surface area contributed by atoms with Gasteiger partial charge in [-0.3, -0.25) is 4.90 Å². The number of rotatable bonds is 7. The Morgan fingerprint density at radius 1 is 1.11 bits per heavy atom. The van der Waals surface area contributed by atoms with E-state index in [4.69, 9.17) is 9.47 Å². The second kappa shape index (κ2) is 8.67. The first-order valence-corrected chi connectivity index (χ1v) is 9.68. The van der Waals surface area contributed by atoms with Gasteiger partial charge < -0.3 is 14.6 Å². The van der Waals surface area contributed by atoms with Crippen molar-refractivity contribution in [3.05, 3.63) is 47.2 Å². The Bertz CT molecular complexity index is 758. The number of aromatic nitrogens is 2. The van der Waals surface area contributed by atoms with Crippen LogP contribution in [-0.2, 0) is 12.1 Å². The van der Waals surface area contributed by atoms with Crippen LogP contribution in [0.4, 0.5) is 0 Å². The lowest BCUT2D eigenvalue weighted by Gasteiger charge is -2.38. The van der Waals surface area contributed by atoms with Crippen LogP contribution in [0.3, 0.4) is 0 Å². The number of hydrogen-bond donors (Lipinski definition) is 1. The number of hydrogen-bond acceptors (Lipinski definition) is 6. The molecule has 0 aliphatic carbocycles. The Balaban J connectivity index is 1.72. The van der Waals surface area contributed by atoms with E-state index >= 15 is 0 Å². The summed E-state index contributed by atoms with van der Waals surface area (Å²) in [5, 5.41) is 11.3. The van der Waals surface area contributed by atoms with Gasteiger partial charge in [-0.2, -0.15) is 4.98 Å². The van der Waals surface area contributed by atoms with Gasteiger partial charge in [0.25, 0.3) is 0 Å². The third-order valence-corrected chi connectivity index (χ3v) is 5.13. The minimum absolute atomic E-state index is 0.283. The normalized spacial score (nSPS) is 16.9. The molecule has 0 atom stereocenters. The molecule has 0 radical (unpaired) electrons. The van der Waals surface area contributed by atoms with Crippen molar-refractivity contribution in [3.63, 3.8) is 0 Å². The molecule has 1 aliphatic heterocycles. The van der Waals surface area contributed by atoms with Gasteiger partial charge >= 0.3 is 6.01 Å². The fourth-order valence-electron chi connectivity index (χ4n) is 3.49. The third-order valence-electron chi connectivity index (χ3n) is 5.13. The largest absolute Gasteiger partial charge is 0.478 e. The molecule has 146 valence electrons. The highest BCUT2D eigenvalue weighted by Gasteiger charge is 2.37. The Hall–Kier alpha value is -2.18. The highest BCUT2D eigenvalue weighted by Crippen LogP contribution is 2.38. The number of likely N-dealkylation sites (tertiary alicyclic amines) is 1. The molecule has 0 bridgehead atoms. The molecule has 2 heterocycles. The van der Waals surface area contributed by atoms with Crippen molar-refractivity contribution in [1.29, 1.82) is 0 Å². The molecule has 3 rings (SSSR count). The predicted octanol–water partition coefficient (Wildman–Crippen LogP) is 3.07. The molecule has 0 amide bonds. The molecule has 1 aliphatic rings. The Morgan fingerprint density at radius 3 is 2.48 bits per heavy atom. The molecule has 1 aromatic heterocycles. The summed E-state index contributed by atoms with van der Waals surface area (Å²) < 4.78 is 11.0. The van der Waals surface area contributed by atoms with Crippen molar-refractivity contribution >= 4 is 0 Å². The lowest BCUT2D eigenvalue weighted by Crippen LogP contribution is -2.42. The van der Waals surface area contributed by atoms with Crippen LogP contribution >= 0.6 is 0 Å². The maximum Gasteiger partial charge on any atom is 0.319 e. The first-order valence-electron chi connectivity index (χ1n) is 9.68. The molecule has 6 nitrogen and oxygen atoms in total. The van der Waals surface area contributed by atoms with Gasteiger partial charge in [0.1, 0.15) is 0 Å². The summed E-state index contributed by atoms with van der Waals surface area (Å²) >= 11 is 0. The van der Waals surface area contributed by atoms with E-state index < -0.39 is 5.60 Å². The van der Waals surface area contributed by atoms with Crippen LogP contribution in [0.1, 0.15) is 43.4 Å². The summed E-state index contributed by atoms with van der Waals surface area (Å²) in [7, 11) is 0. The van der Waals surface area contributed by atoms with Crippen molar-refractivity contribution in [1.82, 2.24) is 14.9 Å². The number of aliphatic hydroxyl groups is 1. The van der Waals surface area contributed by atoms with Gasteiger partial charge in [-0.05, 0) is 44.7 Å². The molecule has 0 saturated carbocycles. The summed E-state index contributed by atoms with van der Waals surface area (Å²) in [5.74, 6) is 0.422. The zero-order valence-electron chi connectivity index (χ0n) is 16.4. The first kappa shape index (κ1) is 19.6. The van der Waals surface area contributed by atoms with Gasteiger partial charge in [-0.1, -0.05) is 24.3 Å². The first-order chi connectivity index (χ1) is 13.1. The van der Waals surface area contributed by atoms with Gasteiger partial charge in [0.2, 0.25) is 5.88 Å². The summed E-state index contributed by atoms with van der Waals surface area (Å²) in [5.41, 5.74) is 2.32. The smallest absolute Gasteiger partial charge is 0.319 e. The monoisotopic (exact) mass is 371 g/mol. The molecular formula is C21H29N3O3. The topological polar surface area (TPSA) is 67.7 Å².